The molecule has 1 unspecified atom stereocenters. The van der Waals surface area contributed by atoms with E-state index < -0.39 is 40.5 Å². The van der Waals surface area contributed by atoms with Crippen LogP contribution < -0.4 is 0 Å². The number of esters is 1. The number of hydrogen-bond acceptors (Lipinski definition) is 7. The summed E-state index contributed by atoms with van der Waals surface area (Å²) in [5.41, 5.74) is -1.25. The van der Waals surface area contributed by atoms with Gasteiger partial charge in [-0.05, 0) is 56.9 Å². The molecule has 0 aromatic rings. The number of fused-ring (bicyclic) bond motifs is 1. The minimum Gasteiger partial charge on any atom is -0.465 e. The van der Waals surface area contributed by atoms with Gasteiger partial charge in [-0.3, -0.25) is 9.59 Å². The van der Waals surface area contributed by atoms with Gasteiger partial charge in [0.25, 0.3) is 0 Å². The largest absolute Gasteiger partial charge is 0.465 e. The lowest BCUT2D eigenvalue weighted by atomic mass is 9.47. The lowest BCUT2D eigenvalue weighted by molar-refractivity contribution is -0.180. The van der Waals surface area contributed by atoms with E-state index in [1.54, 1.807) is 20.8 Å². The molecule has 1 fully saturated rings. The number of carbonyl (C=O) groups is 2. The number of carbonyl (C=O) groups excluding carboxylic acids is 2. The van der Waals surface area contributed by atoms with Crippen molar-refractivity contribution in [3.8, 4) is 0 Å². The number of aliphatic hydroxyl groups is 4. The van der Waals surface area contributed by atoms with E-state index in [1.807, 2.05) is 6.92 Å². The number of rotatable bonds is 7. The average molecular weight is 413 g/mol. The topological polar surface area (TPSA) is 124 Å². The third-order valence-electron chi connectivity index (χ3n) is 7.34. The number of aliphatic hydroxyl groups excluding tert-OH is 3. The predicted molar refractivity (Wildman–Crippen MR) is 107 cm³/mol. The molecule has 0 radical (unpaired) electrons. The molecule has 7 heteroatoms. The molecular formula is C22H36O7. The monoisotopic (exact) mass is 412 g/mol. The highest BCUT2D eigenvalue weighted by Gasteiger charge is 2.61. The first-order valence-corrected chi connectivity index (χ1v) is 10.4. The van der Waals surface area contributed by atoms with Gasteiger partial charge in [0.2, 0.25) is 0 Å². The van der Waals surface area contributed by atoms with Crippen LogP contribution in [0.3, 0.4) is 0 Å². The maximum atomic E-state index is 12.9. The Morgan fingerprint density at radius 1 is 1.28 bits per heavy atom. The van der Waals surface area contributed by atoms with Crippen molar-refractivity contribution in [1.82, 2.24) is 0 Å². The van der Waals surface area contributed by atoms with Gasteiger partial charge in [-0.15, -0.1) is 0 Å². The zero-order valence-corrected chi connectivity index (χ0v) is 18.2. The van der Waals surface area contributed by atoms with Gasteiger partial charge in [-0.2, -0.15) is 0 Å². The Balaban J connectivity index is 2.46. The van der Waals surface area contributed by atoms with Crippen molar-refractivity contribution in [3.05, 3.63) is 11.1 Å². The van der Waals surface area contributed by atoms with Crippen molar-refractivity contribution in [3.63, 3.8) is 0 Å². The van der Waals surface area contributed by atoms with Crippen molar-refractivity contribution < 1.29 is 34.8 Å². The smallest absolute Gasteiger partial charge is 0.302 e. The number of allylic oxidation sites excluding steroid dienone is 1. The first-order valence-electron chi connectivity index (χ1n) is 10.4. The van der Waals surface area contributed by atoms with E-state index in [-0.39, 0.29) is 25.4 Å². The molecular weight excluding hydrogens is 376 g/mol. The zero-order chi connectivity index (χ0) is 22.2. The Bertz CT molecular complexity index is 683. The summed E-state index contributed by atoms with van der Waals surface area (Å²) in [6.07, 6.45) is -0.0296. The fourth-order valence-corrected chi connectivity index (χ4v) is 5.53. The van der Waals surface area contributed by atoms with Crippen LogP contribution in [0, 0.1) is 16.7 Å². The molecule has 2 aliphatic rings. The number of hydrogen-bond donors (Lipinski definition) is 4. The fourth-order valence-electron chi connectivity index (χ4n) is 5.53. The third-order valence-corrected chi connectivity index (χ3v) is 7.34. The molecule has 29 heavy (non-hydrogen) atoms. The molecule has 166 valence electrons. The second-order valence-electron chi connectivity index (χ2n) is 9.62. The van der Waals surface area contributed by atoms with Crippen LogP contribution in [-0.2, 0) is 14.3 Å². The first-order chi connectivity index (χ1) is 13.3. The summed E-state index contributed by atoms with van der Waals surface area (Å²) in [7, 11) is 0. The number of ether oxygens (including phenoxy) is 1. The molecule has 0 aromatic carbocycles. The van der Waals surface area contributed by atoms with Gasteiger partial charge in [0, 0.05) is 24.9 Å². The van der Waals surface area contributed by atoms with Gasteiger partial charge >= 0.3 is 5.97 Å². The van der Waals surface area contributed by atoms with Gasteiger partial charge in [0.05, 0.1) is 18.3 Å². The Morgan fingerprint density at radius 2 is 1.90 bits per heavy atom. The van der Waals surface area contributed by atoms with Crippen LogP contribution in [0.4, 0.5) is 0 Å². The lowest BCUT2D eigenvalue weighted by Gasteiger charge is -2.58. The standard InChI is InChI=1S/C22H36O7/c1-13-15(6-8-20(3,28)10-11-23)21(4)9-7-16(25)22(5,12-29-14(2)24)19(21)18(27)17(13)26/h16,18-19,23,25,27-28H,6-12H2,1-5H3/t16-,18-,19-,20?,21-,22+/m1/s1. The molecule has 0 aromatic heterocycles. The lowest BCUT2D eigenvalue weighted by Crippen LogP contribution is -2.62. The van der Waals surface area contributed by atoms with E-state index in [2.05, 4.69) is 0 Å². The highest BCUT2D eigenvalue weighted by molar-refractivity contribution is 6.00. The number of ketones is 1. The second-order valence-corrected chi connectivity index (χ2v) is 9.62. The summed E-state index contributed by atoms with van der Waals surface area (Å²) in [6.45, 7) is 8.20. The summed E-state index contributed by atoms with van der Waals surface area (Å²) in [5, 5.41) is 41.4. The summed E-state index contributed by atoms with van der Waals surface area (Å²) in [6, 6.07) is 0. The van der Waals surface area contributed by atoms with Crippen LogP contribution >= 0.6 is 0 Å². The number of Topliss-reactive ketones (excluding diaryl/α,β-unsaturated/α-hetero) is 1. The first kappa shape index (κ1) is 24.0. The Kier molecular flexibility index (Phi) is 7.00. The van der Waals surface area contributed by atoms with Gasteiger partial charge in [0.1, 0.15) is 6.10 Å². The normalized spacial score (nSPS) is 37.1. The molecule has 0 saturated heterocycles. The van der Waals surface area contributed by atoms with E-state index >= 15 is 0 Å². The maximum absolute atomic E-state index is 12.9. The van der Waals surface area contributed by atoms with E-state index in [9.17, 15) is 30.0 Å². The van der Waals surface area contributed by atoms with Crippen LogP contribution in [0.1, 0.15) is 66.7 Å². The van der Waals surface area contributed by atoms with Gasteiger partial charge in [0.15, 0.2) is 5.78 Å². The molecule has 0 spiro atoms. The van der Waals surface area contributed by atoms with Crippen LogP contribution in [0.15, 0.2) is 11.1 Å². The molecule has 7 nitrogen and oxygen atoms in total. The van der Waals surface area contributed by atoms with Gasteiger partial charge in [-0.25, -0.2) is 0 Å². The summed E-state index contributed by atoms with van der Waals surface area (Å²) in [5.74, 6) is -1.48. The molecule has 0 amide bonds. The van der Waals surface area contributed by atoms with Gasteiger partial charge < -0.3 is 25.2 Å². The highest BCUT2D eigenvalue weighted by Crippen LogP contribution is 2.60. The molecule has 2 rings (SSSR count). The summed E-state index contributed by atoms with van der Waals surface area (Å²) < 4.78 is 5.24. The highest BCUT2D eigenvalue weighted by atomic mass is 16.5. The van der Waals surface area contributed by atoms with Gasteiger partial charge in [-0.1, -0.05) is 19.4 Å². The van der Waals surface area contributed by atoms with E-state index in [0.717, 1.165) is 5.57 Å². The Morgan fingerprint density at radius 3 is 2.45 bits per heavy atom. The van der Waals surface area contributed by atoms with Crippen LogP contribution in [0.25, 0.3) is 0 Å². The maximum Gasteiger partial charge on any atom is 0.302 e. The Hall–Kier alpha value is -1.28. The van der Waals surface area contributed by atoms with Crippen molar-refractivity contribution >= 4 is 11.8 Å². The molecule has 0 heterocycles. The SMILES string of the molecule is CC(=O)OC[C@@]1(C)[C@H](O)CC[C@]2(C)C(CCC(C)(O)CCO)=C(C)C(=O)[C@@H](O)[C@@H]12. The second kappa shape index (κ2) is 8.46. The van der Waals surface area contributed by atoms with Crippen molar-refractivity contribution in [1.29, 1.82) is 0 Å². The van der Waals surface area contributed by atoms with E-state index in [1.165, 1.54) is 6.92 Å². The molecule has 0 bridgehead atoms. The fraction of sp³-hybridized carbons (Fsp3) is 0.818. The predicted octanol–water partition coefficient (Wildman–Crippen LogP) is 1.51. The molecule has 1 saturated carbocycles. The van der Waals surface area contributed by atoms with Crippen molar-refractivity contribution in [2.45, 2.75) is 84.5 Å². The van der Waals surface area contributed by atoms with Crippen molar-refractivity contribution in [2.75, 3.05) is 13.2 Å². The van der Waals surface area contributed by atoms with E-state index in [0.29, 0.717) is 31.3 Å². The minimum absolute atomic E-state index is 0.0807. The molecule has 2 aliphatic carbocycles. The summed E-state index contributed by atoms with van der Waals surface area (Å²) in [4.78, 5) is 24.3. The third kappa shape index (κ3) is 4.43. The minimum atomic E-state index is -1.29. The summed E-state index contributed by atoms with van der Waals surface area (Å²) >= 11 is 0. The molecule has 6 atom stereocenters. The quantitative estimate of drug-likeness (QED) is 0.467. The van der Waals surface area contributed by atoms with Crippen LogP contribution in [0.2, 0.25) is 0 Å². The van der Waals surface area contributed by atoms with E-state index in [4.69, 9.17) is 4.74 Å². The Labute approximate surface area is 172 Å². The van der Waals surface area contributed by atoms with Crippen LogP contribution in [-0.4, -0.2) is 63.2 Å². The van der Waals surface area contributed by atoms with Crippen molar-refractivity contribution in [2.24, 2.45) is 16.7 Å². The molecule has 4 N–H and O–H groups in total. The van der Waals surface area contributed by atoms with Crippen LogP contribution in [0.5, 0.6) is 0 Å². The average Bonchev–Trinajstić information content (AvgIpc) is 2.61. The zero-order valence-electron chi connectivity index (χ0n) is 18.2. The molecule has 0 aliphatic heterocycles.